The van der Waals surface area contributed by atoms with Crippen molar-refractivity contribution in [3.05, 3.63) is 35.7 Å². The van der Waals surface area contributed by atoms with E-state index in [2.05, 4.69) is 17.0 Å². The second kappa shape index (κ2) is 5.90. The van der Waals surface area contributed by atoms with Gasteiger partial charge >= 0.3 is 0 Å². The summed E-state index contributed by atoms with van der Waals surface area (Å²) in [6, 6.07) is 0. The maximum absolute atomic E-state index is 12.2. The highest BCUT2D eigenvalue weighted by molar-refractivity contribution is 5.75. The van der Waals surface area contributed by atoms with Gasteiger partial charge in [0.1, 0.15) is 12.4 Å². The highest BCUT2D eigenvalue weighted by Gasteiger charge is 2.14. The van der Waals surface area contributed by atoms with Crippen LogP contribution in [0.3, 0.4) is 0 Å². The maximum atomic E-state index is 12.2. The van der Waals surface area contributed by atoms with Crippen molar-refractivity contribution >= 4 is 5.91 Å². The highest BCUT2D eigenvalue weighted by Crippen LogP contribution is 2.10. The molecule has 108 valence electrons. The maximum Gasteiger partial charge on any atom is 0.242 e. The number of imidazole rings is 1. The minimum Gasteiger partial charge on any atom is -0.340 e. The SMILES string of the molecule is CCn1ncc(CN(C)C(=O)Cn2ccnc2C)c1C. The van der Waals surface area contributed by atoms with Crippen LogP contribution in [0.1, 0.15) is 24.0 Å². The Labute approximate surface area is 119 Å². The largest absolute Gasteiger partial charge is 0.340 e. The molecule has 0 N–H and O–H groups in total. The van der Waals surface area contributed by atoms with Gasteiger partial charge in [-0.1, -0.05) is 0 Å². The van der Waals surface area contributed by atoms with Gasteiger partial charge in [0.15, 0.2) is 0 Å². The lowest BCUT2D eigenvalue weighted by molar-refractivity contribution is -0.131. The van der Waals surface area contributed by atoms with Crippen LogP contribution in [-0.4, -0.2) is 37.2 Å². The number of likely N-dealkylation sites (N-methyl/N-ethyl adjacent to an activating group) is 1. The van der Waals surface area contributed by atoms with Gasteiger partial charge in [0.05, 0.1) is 6.20 Å². The Hall–Kier alpha value is -2.11. The number of nitrogens with zero attached hydrogens (tertiary/aromatic N) is 5. The number of rotatable bonds is 5. The van der Waals surface area contributed by atoms with Crippen LogP contribution in [0.4, 0.5) is 0 Å². The number of carbonyl (C=O) groups is 1. The number of amides is 1. The Balaban J connectivity index is 2.00. The van der Waals surface area contributed by atoms with E-state index in [0.29, 0.717) is 13.1 Å². The molecular formula is C14H21N5O. The van der Waals surface area contributed by atoms with Gasteiger partial charge in [0.25, 0.3) is 0 Å². The monoisotopic (exact) mass is 275 g/mol. The average molecular weight is 275 g/mol. The Morgan fingerprint density at radius 2 is 2.15 bits per heavy atom. The quantitative estimate of drug-likeness (QED) is 0.828. The molecule has 0 spiro atoms. The second-order valence-corrected chi connectivity index (χ2v) is 4.92. The van der Waals surface area contributed by atoms with Gasteiger partial charge < -0.3 is 9.47 Å². The lowest BCUT2D eigenvalue weighted by Crippen LogP contribution is -2.30. The molecular weight excluding hydrogens is 254 g/mol. The summed E-state index contributed by atoms with van der Waals surface area (Å²) in [5.74, 6) is 0.913. The van der Waals surface area contributed by atoms with Crippen molar-refractivity contribution in [3.63, 3.8) is 0 Å². The van der Waals surface area contributed by atoms with Gasteiger partial charge in [-0.3, -0.25) is 9.48 Å². The van der Waals surface area contributed by atoms with Gasteiger partial charge in [-0.15, -0.1) is 0 Å². The van der Waals surface area contributed by atoms with Crippen LogP contribution in [0.5, 0.6) is 0 Å². The molecule has 2 aromatic rings. The molecule has 6 nitrogen and oxygen atoms in total. The van der Waals surface area contributed by atoms with Crippen molar-refractivity contribution in [2.45, 2.75) is 40.4 Å². The summed E-state index contributed by atoms with van der Waals surface area (Å²) in [5.41, 5.74) is 2.20. The molecule has 0 radical (unpaired) electrons. The molecule has 0 saturated carbocycles. The van der Waals surface area contributed by atoms with Crippen LogP contribution in [0.15, 0.2) is 18.6 Å². The minimum absolute atomic E-state index is 0.0646. The van der Waals surface area contributed by atoms with Crippen LogP contribution in [0.2, 0.25) is 0 Å². The predicted molar refractivity (Wildman–Crippen MR) is 76.1 cm³/mol. The van der Waals surface area contributed by atoms with E-state index < -0.39 is 0 Å². The van der Waals surface area contributed by atoms with Crippen molar-refractivity contribution in [1.29, 1.82) is 0 Å². The molecule has 0 fully saturated rings. The molecule has 0 aliphatic heterocycles. The zero-order chi connectivity index (χ0) is 14.7. The smallest absolute Gasteiger partial charge is 0.242 e. The summed E-state index contributed by atoms with van der Waals surface area (Å²) in [5, 5.41) is 4.30. The first-order valence-electron chi connectivity index (χ1n) is 6.76. The number of carbonyl (C=O) groups excluding carboxylic acids is 1. The van der Waals surface area contributed by atoms with E-state index in [0.717, 1.165) is 23.6 Å². The van der Waals surface area contributed by atoms with Crippen LogP contribution in [-0.2, 0) is 24.4 Å². The first kappa shape index (κ1) is 14.3. The Morgan fingerprint density at radius 1 is 1.40 bits per heavy atom. The first-order chi connectivity index (χ1) is 9.52. The highest BCUT2D eigenvalue weighted by atomic mass is 16.2. The van der Waals surface area contributed by atoms with Gasteiger partial charge in [-0.25, -0.2) is 4.98 Å². The number of hydrogen-bond donors (Lipinski definition) is 0. The Kier molecular flexibility index (Phi) is 4.22. The molecule has 2 aromatic heterocycles. The molecule has 1 amide bonds. The first-order valence-corrected chi connectivity index (χ1v) is 6.76. The Morgan fingerprint density at radius 3 is 2.70 bits per heavy atom. The number of hydrogen-bond acceptors (Lipinski definition) is 3. The summed E-state index contributed by atoms with van der Waals surface area (Å²) in [6.45, 7) is 7.73. The molecule has 20 heavy (non-hydrogen) atoms. The standard InChI is InChI=1S/C14H21N5O/c1-5-19-11(2)13(8-16-19)9-17(4)14(20)10-18-7-6-15-12(18)3/h6-8H,5,9-10H2,1-4H3. The summed E-state index contributed by atoms with van der Waals surface area (Å²) in [7, 11) is 1.82. The summed E-state index contributed by atoms with van der Waals surface area (Å²) in [4.78, 5) is 18.1. The van der Waals surface area contributed by atoms with Crippen LogP contribution in [0.25, 0.3) is 0 Å². The van der Waals surface area contributed by atoms with E-state index in [1.54, 1.807) is 11.1 Å². The van der Waals surface area contributed by atoms with Gasteiger partial charge in [0.2, 0.25) is 5.91 Å². The molecule has 2 rings (SSSR count). The van der Waals surface area contributed by atoms with Crippen LogP contribution in [0, 0.1) is 13.8 Å². The zero-order valence-corrected chi connectivity index (χ0v) is 12.5. The third kappa shape index (κ3) is 2.89. The second-order valence-electron chi connectivity index (χ2n) is 4.92. The number of aryl methyl sites for hydroxylation is 2. The summed E-state index contributed by atoms with van der Waals surface area (Å²) in [6.07, 6.45) is 5.37. The molecule has 0 aliphatic carbocycles. The van der Waals surface area contributed by atoms with E-state index in [-0.39, 0.29) is 5.91 Å². The number of aromatic nitrogens is 4. The summed E-state index contributed by atoms with van der Waals surface area (Å²) < 4.78 is 3.79. The zero-order valence-electron chi connectivity index (χ0n) is 12.5. The molecule has 0 aromatic carbocycles. The fourth-order valence-corrected chi connectivity index (χ4v) is 2.14. The minimum atomic E-state index is 0.0646. The van der Waals surface area contributed by atoms with Crippen molar-refractivity contribution in [3.8, 4) is 0 Å². The molecule has 0 aliphatic rings. The topological polar surface area (TPSA) is 56.0 Å². The average Bonchev–Trinajstić information content (AvgIpc) is 2.97. The fourth-order valence-electron chi connectivity index (χ4n) is 2.14. The van der Waals surface area contributed by atoms with Gasteiger partial charge in [0, 0.05) is 43.8 Å². The van der Waals surface area contributed by atoms with Crippen molar-refractivity contribution < 1.29 is 4.79 Å². The molecule has 0 saturated heterocycles. The molecule has 2 heterocycles. The normalized spacial score (nSPS) is 10.8. The van der Waals surface area contributed by atoms with E-state index in [9.17, 15) is 4.79 Å². The Bertz CT molecular complexity index is 598. The third-order valence-electron chi connectivity index (χ3n) is 3.57. The van der Waals surface area contributed by atoms with Crippen LogP contribution < -0.4 is 0 Å². The molecule has 6 heteroatoms. The van der Waals surface area contributed by atoms with E-state index >= 15 is 0 Å². The van der Waals surface area contributed by atoms with Crippen molar-refractivity contribution in [2.24, 2.45) is 0 Å². The van der Waals surface area contributed by atoms with E-state index in [4.69, 9.17) is 0 Å². The van der Waals surface area contributed by atoms with Crippen LogP contribution >= 0.6 is 0 Å². The molecule has 0 unspecified atom stereocenters. The molecule has 0 bridgehead atoms. The van der Waals surface area contributed by atoms with Gasteiger partial charge in [-0.05, 0) is 20.8 Å². The van der Waals surface area contributed by atoms with E-state index in [1.165, 1.54) is 0 Å². The third-order valence-corrected chi connectivity index (χ3v) is 3.57. The lowest BCUT2D eigenvalue weighted by atomic mass is 10.2. The van der Waals surface area contributed by atoms with Gasteiger partial charge in [-0.2, -0.15) is 5.10 Å². The molecule has 0 atom stereocenters. The van der Waals surface area contributed by atoms with E-state index in [1.807, 2.05) is 42.5 Å². The fraction of sp³-hybridized carbons (Fsp3) is 0.500. The summed E-state index contributed by atoms with van der Waals surface area (Å²) >= 11 is 0. The van der Waals surface area contributed by atoms with Crippen molar-refractivity contribution in [1.82, 2.24) is 24.2 Å². The lowest BCUT2D eigenvalue weighted by Gasteiger charge is -2.17. The van der Waals surface area contributed by atoms with Crippen molar-refractivity contribution in [2.75, 3.05) is 7.05 Å². The predicted octanol–water partition coefficient (Wildman–Crippen LogP) is 1.37.